The van der Waals surface area contributed by atoms with Crippen molar-refractivity contribution in [3.05, 3.63) is 0 Å². The number of hydrogen-bond acceptors (Lipinski definition) is 10. The summed E-state index contributed by atoms with van der Waals surface area (Å²) in [6, 6.07) is 0. The fourth-order valence-corrected chi connectivity index (χ4v) is 19.2. The van der Waals surface area contributed by atoms with Gasteiger partial charge in [-0.05, 0) is 44.9 Å². The number of carboxylic acids is 1. The summed E-state index contributed by atoms with van der Waals surface area (Å²) in [5.74, 6) is -2.59. The monoisotopic (exact) mass is 2290 g/mol. The first-order chi connectivity index (χ1) is 67.4. The van der Waals surface area contributed by atoms with Crippen LogP contribution in [0.25, 0.3) is 0 Å². The van der Waals surface area contributed by atoms with Gasteiger partial charge in [0, 0.05) is 44.9 Å². The Labute approximate surface area is 1010 Å². The summed E-state index contributed by atoms with van der Waals surface area (Å²) in [5.41, 5.74) is 0. The molecule has 0 fully saturated rings. The van der Waals surface area contributed by atoms with E-state index in [0.29, 0.717) is 44.9 Å². The predicted octanol–water partition coefficient (Wildman–Crippen LogP) is 42.5. The van der Waals surface area contributed by atoms with E-state index in [9.17, 15) is 33.6 Å². The maximum Gasteiger partial charge on any atom is 3.00 e. The van der Waals surface area contributed by atoms with Gasteiger partial charge in [-0.1, -0.05) is 678 Å². The van der Waals surface area contributed by atoms with Crippen LogP contribution in [0.3, 0.4) is 0 Å². The molecule has 0 rings (SSSR count). The fraction of sp³-hybridized carbons (Fsp3) is 0.944. The van der Waals surface area contributed by atoms with E-state index in [0.717, 1.165) is 89.9 Å². The zero-order valence-corrected chi connectivity index (χ0v) is 111. The smallest absolute Gasteiger partial charge is 0.481 e. The number of esters is 6. The van der Waals surface area contributed by atoms with Crippen molar-refractivity contribution in [1.29, 1.82) is 0 Å². The number of aliphatic carboxylic acids is 1. The van der Waals surface area contributed by atoms with Gasteiger partial charge in [0.05, 0.1) is 0 Å². The van der Waals surface area contributed by atoms with Gasteiger partial charge in [0.15, 0.2) is 0 Å². The number of carboxylic acid groups (broad SMARTS) is 1. The molecule has 0 saturated heterocycles. The van der Waals surface area contributed by atoms with Crippen LogP contribution in [0.2, 0.25) is 0 Å². The minimum atomic E-state index is -0.653. The van der Waals surface area contributed by atoms with Crippen molar-refractivity contribution in [2.45, 2.75) is 768 Å². The van der Waals surface area contributed by atoms with E-state index < -0.39 is 5.97 Å². The number of ether oxygens (including phenoxy) is 3. The number of carbonyl (C=O) groups is 7. The van der Waals surface area contributed by atoms with Gasteiger partial charge in [-0.25, -0.2) is 0 Å². The summed E-state index contributed by atoms with van der Waals surface area (Å²) in [5, 5.41) is 8.52. The van der Waals surface area contributed by atoms with E-state index in [4.69, 9.17) is 19.3 Å². The van der Waals surface area contributed by atoms with Gasteiger partial charge in [0.25, 0.3) is 0 Å². The molecule has 143 heavy (non-hydrogen) atoms. The van der Waals surface area contributed by atoms with Gasteiger partial charge < -0.3 is 19.3 Å². The second-order valence-electron chi connectivity index (χ2n) is 42.8. The van der Waals surface area contributed by atoms with Crippen LogP contribution in [-0.4, -0.2) is 174 Å². The Hall–Kier alpha value is 2.16. The normalized spacial score (nSPS) is 10.7. The minimum absolute atomic E-state index is 0. The van der Waals surface area contributed by atoms with Crippen molar-refractivity contribution in [3.63, 3.8) is 0 Å². The third kappa shape index (κ3) is 164. The van der Waals surface area contributed by atoms with Gasteiger partial charge in [0.2, 0.25) is 0 Å². The van der Waals surface area contributed by atoms with Gasteiger partial charge >= 0.3 is 205 Å². The molecule has 1 N–H and O–H groups in total. The van der Waals surface area contributed by atoms with Crippen LogP contribution < -0.4 is 0 Å². The van der Waals surface area contributed by atoms with Crippen LogP contribution in [0.5, 0.6) is 0 Å². The maximum atomic E-state index is 11.9. The minimum Gasteiger partial charge on any atom is -0.481 e. The molecule has 0 unspecified atom stereocenters. The van der Waals surface area contributed by atoms with E-state index in [1.807, 2.05) is 0 Å². The molecule has 17 heteroatoms. The number of carbonyl (C=O) groups excluding carboxylic acids is 6. The van der Waals surface area contributed by atoms with Crippen molar-refractivity contribution in [2.75, 3.05) is 0 Å². The number of unbranched alkanes of at least 4 members (excludes halogenated alkanes) is 98. The molecular weight excluding hydrogens is 2050 g/mol. The second-order valence-corrected chi connectivity index (χ2v) is 42.8. The van der Waals surface area contributed by atoms with Crippen molar-refractivity contribution < 1.29 is 89.4 Å². The van der Waals surface area contributed by atoms with Crippen molar-refractivity contribution >= 4 is 169 Å². The zero-order valence-electron chi connectivity index (χ0n) is 97.9. The van der Waals surface area contributed by atoms with E-state index in [-0.39, 0.29) is 199 Å². The maximum absolute atomic E-state index is 11.9. The quantitative estimate of drug-likeness (QED) is 0.0202. The topological polar surface area (TPSA) is 167 Å². The van der Waals surface area contributed by atoms with Crippen LogP contribution in [0.4, 0.5) is 0 Å². The van der Waals surface area contributed by atoms with E-state index >= 15 is 0 Å². The number of hydrogen-bond donors (Lipinski definition) is 1. The standard InChI is InChI=1S/3C36H70O3.C18H36O2.Al.Ba.Ca.Cu.Mg.Zn/c3*1-3-5-7-9-11-13-15-17-19-21-23-25-27-29-31-33-35(37)39-36(38)34-32-30-28-26-24-22-20-18-16-14-12-10-8-6-4-2;1-2-3-4-5-6-7-8-9-10-11-12-13-14-15-16-17-18(19)20;;;;;;/h3*3-34H2,1-2H3;2-17H2,1H3,(H,19,20);;;;;;/q;;;;+3;2*+2;+1;2*+2. The van der Waals surface area contributed by atoms with Crippen LogP contribution in [-0.2, 0) is 84.3 Å². The Balaban J connectivity index is -0.000000208. The average Bonchev–Trinajstić information content (AvgIpc) is 0.999. The van der Waals surface area contributed by atoms with Gasteiger partial charge in [0.1, 0.15) is 0 Å². The molecule has 0 aromatic carbocycles. The Kier molecular flexibility index (Phi) is 179. The van der Waals surface area contributed by atoms with Crippen molar-refractivity contribution in [1.82, 2.24) is 0 Å². The molecule has 0 heterocycles. The third-order valence-corrected chi connectivity index (χ3v) is 28.6. The SMILES string of the molecule is CCCCCCCCCCCCCCCCCC(=O)O.CCCCCCCCCCCCCCCCCC(=O)OC(=O)CCCCCCCCCCCCCCCCC.CCCCCCCCCCCCCCCCCC(=O)OC(=O)CCCCCCCCCCCCCCCCC.CCCCCCCCCCCCCCCCCC(=O)OC(=O)CCCCCCCCCCCCCCCCC.[Al+3].[Ba+2].[Ca+2].[Cu+].[Mg+2].[Zn+2]. The molecule has 0 spiro atoms. The van der Waals surface area contributed by atoms with Crippen LogP contribution >= 0.6 is 0 Å². The van der Waals surface area contributed by atoms with Crippen LogP contribution in [0, 0.1) is 0 Å². The molecule has 0 aliphatic rings. The van der Waals surface area contributed by atoms with Crippen LogP contribution in [0.15, 0.2) is 0 Å². The molecule has 0 aliphatic heterocycles. The summed E-state index contributed by atoms with van der Waals surface area (Å²) >= 11 is 0. The van der Waals surface area contributed by atoms with Crippen molar-refractivity contribution in [2.24, 2.45) is 0 Å². The first-order valence-corrected chi connectivity index (χ1v) is 62.8. The second kappa shape index (κ2) is 155. The molecule has 0 aromatic heterocycles. The molecule has 0 aromatic rings. The Bertz CT molecular complexity index is 2020. The van der Waals surface area contributed by atoms with Gasteiger partial charge in [-0.3, -0.25) is 33.6 Å². The van der Waals surface area contributed by atoms with E-state index in [1.54, 1.807) is 0 Å². The zero-order chi connectivity index (χ0) is 100. The Morgan fingerprint density at radius 3 is 0.280 bits per heavy atom. The number of rotatable bonds is 112. The fourth-order valence-electron chi connectivity index (χ4n) is 19.2. The first kappa shape index (κ1) is 165. The van der Waals surface area contributed by atoms with E-state index in [2.05, 4.69) is 48.5 Å². The van der Waals surface area contributed by atoms with Crippen LogP contribution in [0.1, 0.15) is 768 Å². The molecule has 0 bridgehead atoms. The average molecular weight is 2290 g/mol. The Morgan fingerprint density at radius 1 is 0.147 bits per heavy atom. The molecule has 0 amide bonds. The molecule has 0 atom stereocenters. The van der Waals surface area contributed by atoms with Crippen molar-refractivity contribution in [3.8, 4) is 0 Å². The third-order valence-electron chi connectivity index (χ3n) is 28.6. The molecule has 0 radical (unpaired) electrons. The first-order valence-electron chi connectivity index (χ1n) is 62.8. The van der Waals surface area contributed by atoms with E-state index in [1.165, 1.54) is 584 Å². The summed E-state index contributed by atoms with van der Waals surface area (Å²) in [6.07, 6.45) is 141. The predicted molar refractivity (Wildman–Crippen MR) is 621 cm³/mol. The summed E-state index contributed by atoms with van der Waals surface area (Å²) < 4.78 is 15.0. The summed E-state index contributed by atoms with van der Waals surface area (Å²) in [7, 11) is 0. The molecular formula is C126H246AlBaCaCuMgO11Zn+12. The van der Waals surface area contributed by atoms with Gasteiger partial charge in [-0.15, -0.1) is 0 Å². The Morgan fingerprint density at radius 2 is 0.210 bits per heavy atom. The molecule has 826 valence electrons. The largest absolute Gasteiger partial charge is 3.00 e. The molecule has 0 aliphatic carbocycles. The molecule has 0 saturated carbocycles. The summed E-state index contributed by atoms with van der Waals surface area (Å²) in [6.45, 7) is 15.9. The van der Waals surface area contributed by atoms with Gasteiger partial charge in [-0.2, -0.15) is 0 Å². The summed E-state index contributed by atoms with van der Waals surface area (Å²) in [4.78, 5) is 81.8. The molecule has 11 nitrogen and oxygen atoms in total.